The van der Waals surface area contributed by atoms with Gasteiger partial charge in [-0.25, -0.2) is 28.7 Å². The topological polar surface area (TPSA) is 368 Å². The van der Waals surface area contributed by atoms with Gasteiger partial charge in [-0.3, -0.25) is 56.6 Å². The number of nitrogen functional groups attached to an aromatic ring is 1. The number of benzene rings is 11. The van der Waals surface area contributed by atoms with Crippen molar-refractivity contribution in [1.29, 1.82) is 0 Å². The van der Waals surface area contributed by atoms with Crippen LogP contribution in [0.5, 0.6) is 34.5 Å². The zero-order valence-electron chi connectivity index (χ0n) is 65.5. The van der Waals surface area contributed by atoms with Crippen LogP contribution >= 0.6 is 46.4 Å². The Hall–Kier alpha value is -14.8. The second-order valence-corrected chi connectivity index (χ2v) is 31.5. The van der Waals surface area contributed by atoms with Gasteiger partial charge in [0.05, 0.1) is 96.8 Å². The monoisotopic (exact) mass is 1760 g/mol. The molecule has 0 saturated carbocycles. The number of hydrogen-bond acceptors (Lipinski definition) is 19. The Morgan fingerprint density at radius 3 is 1.17 bits per heavy atom. The minimum absolute atomic E-state index is 0.0132. The highest BCUT2D eigenvalue weighted by Crippen LogP contribution is 2.48. The molecule has 4 aromatic heterocycles. The zero-order valence-corrected chi connectivity index (χ0v) is 68.5. The summed E-state index contributed by atoms with van der Waals surface area (Å²) >= 11 is 26.2. The van der Waals surface area contributed by atoms with E-state index >= 15 is 4.39 Å². The van der Waals surface area contributed by atoms with E-state index in [2.05, 4.69) is 46.3 Å². The van der Waals surface area contributed by atoms with Gasteiger partial charge in [0.25, 0.3) is 22.2 Å². The summed E-state index contributed by atoms with van der Waals surface area (Å²) in [7, 11) is 0. The number of fused-ring (bicyclic) bond motifs is 7. The summed E-state index contributed by atoms with van der Waals surface area (Å²) in [6.07, 6.45) is 10.4. The average Bonchev–Trinajstić information content (AvgIpc) is 0.748. The third-order valence-electron chi connectivity index (χ3n) is 22.5. The van der Waals surface area contributed by atoms with E-state index in [0.717, 1.165) is 50.5 Å². The fraction of sp³-hybridized carbons (Fsp3) is 0.130. The molecule has 0 spiro atoms. The van der Waals surface area contributed by atoms with Crippen molar-refractivity contribution in [2.24, 2.45) is 0 Å². The first-order chi connectivity index (χ1) is 60.0. The highest BCUT2D eigenvalue weighted by molar-refractivity contribution is 6.40. The van der Waals surface area contributed by atoms with Gasteiger partial charge in [-0.05, 0) is 152 Å². The Morgan fingerprint density at radius 2 is 0.728 bits per heavy atom. The number of carbonyl (C=O) groups is 4. The Morgan fingerprint density at radius 1 is 0.368 bits per heavy atom. The van der Waals surface area contributed by atoms with Crippen LogP contribution in [-0.4, -0.2) is 164 Å². The lowest BCUT2D eigenvalue weighted by Gasteiger charge is -2.39. The number of phenolic OH excluding ortho intramolecular Hbond substituents is 6. The van der Waals surface area contributed by atoms with Crippen molar-refractivity contribution in [3.05, 3.63) is 301 Å². The van der Waals surface area contributed by atoms with E-state index in [-0.39, 0.29) is 157 Å². The number of hydrogen-bond donors (Lipinski definition) is 7. The van der Waals surface area contributed by atoms with Crippen LogP contribution in [0.1, 0.15) is 24.2 Å². The summed E-state index contributed by atoms with van der Waals surface area (Å²) in [4.78, 5) is 122. The molecule has 4 aliphatic heterocycles. The van der Waals surface area contributed by atoms with Crippen molar-refractivity contribution in [1.82, 2.24) is 57.8 Å². The standard InChI is InChI=1S/C24H19ClN4O3.2C24H18ClN3O4.C20H14ClF2N3O3/c1-2-20(31)28-10-14(11-28)29-12-27-23-18(24(29)32)9-19(26)21(22(23)25)17-8-15(30)7-13-5-3-4-6-16(13)17;1-2-20(31)27-10-14(11-27)28-12-26-23-18(24(28)32)9-19(30)21(22(23)25)17-8-15(29)7-13-5-3-4-6-16(13)17;1-2-20(31)27-10-14(11-27)28-12-26-23-21(24(28)32)19(30)9-18(22(23)25)17-8-15(29)7-13-5-3-4-6-16(13)17;1-2-16(28)25-7-10(8-25)26-9-24-19-13(20(26)29)6-14(21)17(18(19)23)12-5-11(27)3-4-15(12)22/h2-9,12,14,30H,1,10-11,26H2;2*2-9,12,14,29-30H,1,10-11H2;2-6,9-10,27H,1,7-8H2. The minimum Gasteiger partial charge on any atom is -0.508 e. The fourth-order valence-corrected chi connectivity index (χ4v) is 17.3. The number of aromatic nitrogens is 8. The van der Waals surface area contributed by atoms with E-state index in [0.29, 0.717) is 102 Å². The summed E-state index contributed by atoms with van der Waals surface area (Å²) in [6.45, 7) is 16.7. The van der Waals surface area contributed by atoms with Crippen molar-refractivity contribution < 1.29 is 58.6 Å². The number of rotatable bonds is 12. The Bertz CT molecular complexity index is 7220. The van der Waals surface area contributed by atoms with E-state index in [9.17, 15) is 73.4 Å². The normalized spacial score (nSPS) is 14.0. The summed E-state index contributed by atoms with van der Waals surface area (Å²) < 4.78 is 35.0. The Balaban J connectivity index is 0.000000123. The second kappa shape index (κ2) is 33.6. The maximum Gasteiger partial charge on any atom is 0.265 e. The summed E-state index contributed by atoms with van der Waals surface area (Å²) in [5, 5.41) is 67.6. The number of nitrogens with two attached hydrogens (primary N) is 1. The number of carbonyl (C=O) groups excluding carboxylic acids is 4. The highest BCUT2D eigenvalue weighted by atomic mass is 35.5. The minimum atomic E-state index is -0.960. The van der Waals surface area contributed by atoms with Crippen molar-refractivity contribution in [2.75, 3.05) is 58.1 Å². The molecule has 0 bridgehead atoms. The average molecular weight is 1760 g/mol. The second-order valence-electron chi connectivity index (χ2n) is 30.0. The molecule has 19 rings (SSSR count). The number of nitrogens with zero attached hydrogens (tertiary/aromatic N) is 12. The van der Waals surface area contributed by atoms with Crippen LogP contribution in [0.15, 0.2) is 247 Å². The van der Waals surface area contributed by atoms with Gasteiger partial charge in [0.1, 0.15) is 56.7 Å². The lowest BCUT2D eigenvalue weighted by molar-refractivity contribution is -0.132. The molecule has 0 radical (unpaired) electrons. The Labute approximate surface area is 725 Å². The first-order valence-corrected chi connectivity index (χ1v) is 40.0. The van der Waals surface area contributed by atoms with Crippen LogP contribution in [0.4, 0.5) is 14.5 Å². The van der Waals surface area contributed by atoms with E-state index < -0.39 is 22.8 Å². The number of amides is 4. The van der Waals surface area contributed by atoms with E-state index in [1.165, 1.54) is 97.0 Å². The number of aromatic hydroxyl groups is 6. The van der Waals surface area contributed by atoms with Crippen LogP contribution in [-0.2, 0) is 19.2 Å². The smallest absolute Gasteiger partial charge is 0.265 e. The van der Waals surface area contributed by atoms with Crippen molar-refractivity contribution >= 4 is 152 Å². The summed E-state index contributed by atoms with van der Waals surface area (Å²) in [5.74, 6) is -3.07. The zero-order chi connectivity index (χ0) is 88.6. The number of anilines is 1. The highest BCUT2D eigenvalue weighted by Gasteiger charge is 2.37. The van der Waals surface area contributed by atoms with E-state index in [1.54, 1.807) is 51.1 Å². The molecule has 4 aliphatic rings. The molecular formula is C92H69Cl4F2N13O14. The summed E-state index contributed by atoms with van der Waals surface area (Å²) in [6, 6.07) is 39.9. The van der Waals surface area contributed by atoms with Crippen molar-refractivity contribution in [2.45, 2.75) is 24.2 Å². The molecule has 4 fully saturated rings. The number of phenols is 6. The van der Waals surface area contributed by atoms with Gasteiger partial charge in [0.2, 0.25) is 23.6 Å². The third-order valence-corrected chi connectivity index (χ3v) is 24.0. The first kappa shape index (κ1) is 83.9. The van der Waals surface area contributed by atoms with Gasteiger partial charge in [-0.2, -0.15) is 0 Å². The summed E-state index contributed by atoms with van der Waals surface area (Å²) in [5.41, 5.74) is 8.18. The molecule has 8 heterocycles. The molecule has 125 heavy (non-hydrogen) atoms. The van der Waals surface area contributed by atoms with Gasteiger partial charge in [-0.15, -0.1) is 0 Å². The molecule has 628 valence electrons. The molecule has 4 amide bonds. The van der Waals surface area contributed by atoms with Gasteiger partial charge in [0.15, 0.2) is 5.82 Å². The van der Waals surface area contributed by atoms with Crippen LogP contribution in [0, 0.1) is 11.6 Å². The maximum atomic E-state index is 15.1. The fourth-order valence-electron chi connectivity index (χ4n) is 16.0. The predicted octanol–water partition coefficient (Wildman–Crippen LogP) is 14.7. The third kappa shape index (κ3) is 15.2. The first-order valence-electron chi connectivity index (χ1n) is 38.5. The molecule has 11 aromatic carbocycles. The maximum absolute atomic E-state index is 15.1. The largest absolute Gasteiger partial charge is 0.508 e. The van der Waals surface area contributed by atoms with Gasteiger partial charge < -0.3 is 56.0 Å². The van der Waals surface area contributed by atoms with Crippen LogP contribution < -0.4 is 28.0 Å². The van der Waals surface area contributed by atoms with Gasteiger partial charge in [-0.1, -0.05) is 146 Å². The SMILES string of the molecule is C=CC(=O)N1CC(n2cnc3c(Cl)c(-c4cc(O)cc5ccccc45)c(N)cc3c2=O)C1.C=CC(=O)N1CC(n2cnc3c(Cl)c(-c4cc(O)cc5ccccc45)c(O)cc3c2=O)C1.C=CC(=O)N1CC(n2cnc3c(Cl)c(-c4cc(O)cc5ccccc45)cc(O)c3c2=O)C1.C=CC(=O)N1CC(n2cnc3c(F)c(-c4cc(O)ccc4F)c(Cl)cc3c2=O)C1. The molecule has 15 aromatic rings. The lowest BCUT2D eigenvalue weighted by Crippen LogP contribution is -2.52. The van der Waals surface area contributed by atoms with Crippen molar-refractivity contribution in [3.63, 3.8) is 0 Å². The number of halogens is 6. The van der Waals surface area contributed by atoms with Crippen LogP contribution in [0.3, 0.4) is 0 Å². The molecule has 4 saturated heterocycles. The van der Waals surface area contributed by atoms with Gasteiger partial charge in [0, 0.05) is 85.9 Å². The van der Waals surface area contributed by atoms with Gasteiger partial charge >= 0.3 is 0 Å². The molecule has 33 heteroatoms. The lowest BCUT2D eigenvalue weighted by atomic mass is 9.95. The molecule has 8 N–H and O–H groups in total. The Kier molecular flexibility index (Phi) is 22.5. The number of likely N-dealkylation sites (tertiary alicyclic amines) is 4. The van der Waals surface area contributed by atoms with E-state index in [4.69, 9.17) is 52.1 Å². The quantitative estimate of drug-likeness (QED) is 0.0441. The molecular weight excluding hydrogens is 1690 g/mol. The molecule has 0 aliphatic carbocycles. The van der Waals surface area contributed by atoms with Crippen LogP contribution in [0.2, 0.25) is 20.1 Å². The molecule has 0 atom stereocenters. The predicted molar refractivity (Wildman–Crippen MR) is 476 cm³/mol. The van der Waals surface area contributed by atoms with E-state index in [1.807, 2.05) is 72.8 Å². The van der Waals surface area contributed by atoms with Crippen LogP contribution in [0.25, 0.3) is 120 Å². The molecule has 27 nitrogen and oxygen atoms in total. The molecule has 0 unspecified atom stereocenters. The van der Waals surface area contributed by atoms with Crippen molar-refractivity contribution in [3.8, 4) is 79.0 Å².